The van der Waals surface area contributed by atoms with Gasteiger partial charge in [-0.25, -0.2) is 4.39 Å². The molecule has 0 radical (unpaired) electrons. The number of rotatable bonds is 9. The van der Waals surface area contributed by atoms with E-state index < -0.39 is 11.7 Å². The van der Waals surface area contributed by atoms with E-state index in [2.05, 4.69) is 12.2 Å². The van der Waals surface area contributed by atoms with Crippen molar-refractivity contribution >= 4 is 0 Å². The molecule has 2 aromatic rings. The highest BCUT2D eigenvalue weighted by Gasteiger charge is 2.42. The number of benzene rings is 2. The van der Waals surface area contributed by atoms with Crippen LogP contribution in [0.15, 0.2) is 42.5 Å². The molecule has 0 aromatic heterocycles. The first-order valence-corrected chi connectivity index (χ1v) is 10.5. The number of morpholine rings is 1. The van der Waals surface area contributed by atoms with Gasteiger partial charge >= 0.3 is 0 Å². The number of unbranched alkanes of at least 4 members (excludes halogenated alkanes) is 1. The number of aliphatic hydroxyl groups is 1. The molecule has 0 aliphatic carbocycles. The second-order valence-corrected chi connectivity index (χ2v) is 7.65. The fourth-order valence-electron chi connectivity index (χ4n) is 4.11. The lowest BCUT2D eigenvalue weighted by Gasteiger charge is -2.40. The summed E-state index contributed by atoms with van der Waals surface area (Å²) < 4.78 is 26.2. The topological polar surface area (TPSA) is 50.7 Å². The highest BCUT2D eigenvalue weighted by Crippen LogP contribution is 2.40. The first-order chi connectivity index (χ1) is 14.1. The standard InChI is InChI=1S/C24H32FNO3/c1-3-18-8-6-9-19(16-18)23-20(10-7-11-21(23)25)24(27,12-4-5-14-28-2)22-17-26-13-15-29-22/h6-11,16,22,26-27H,3-5,12-15,17H2,1-2H3/t22?,24-/m1/s1. The minimum Gasteiger partial charge on any atom is -0.385 e. The summed E-state index contributed by atoms with van der Waals surface area (Å²) in [5.41, 5.74) is 1.69. The lowest BCUT2D eigenvalue weighted by molar-refractivity contribution is -0.129. The van der Waals surface area contributed by atoms with Gasteiger partial charge in [-0.1, -0.05) is 43.3 Å². The van der Waals surface area contributed by atoms with E-state index in [1.54, 1.807) is 13.2 Å². The summed E-state index contributed by atoms with van der Waals surface area (Å²) in [6.07, 6.45) is 2.50. The van der Waals surface area contributed by atoms with Gasteiger partial charge in [0.15, 0.2) is 0 Å². The van der Waals surface area contributed by atoms with Crippen molar-refractivity contribution in [1.29, 1.82) is 0 Å². The Balaban J connectivity index is 2.05. The molecule has 158 valence electrons. The van der Waals surface area contributed by atoms with Crippen LogP contribution in [0.5, 0.6) is 0 Å². The number of nitrogens with one attached hydrogen (secondary N) is 1. The van der Waals surface area contributed by atoms with Crippen molar-refractivity contribution < 1.29 is 19.0 Å². The van der Waals surface area contributed by atoms with Crippen LogP contribution in [-0.4, -0.2) is 44.6 Å². The Bertz CT molecular complexity index is 791. The zero-order chi connectivity index (χ0) is 20.7. The summed E-state index contributed by atoms with van der Waals surface area (Å²) >= 11 is 0. The molecule has 1 heterocycles. The number of methoxy groups -OCH3 is 1. The van der Waals surface area contributed by atoms with Gasteiger partial charge < -0.3 is 19.9 Å². The summed E-state index contributed by atoms with van der Waals surface area (Å²) in [5, 5.41) is 15.2. The lowest BCUT2D eigenvalue weighted by Crippen LogP contribution is -2.51. The maximum Gasteiger partial charge on any atom is 0.131 e. The first-order valence-electron chi connectivity index (χ1n) is 10.5. The zero-order valence-corrected chi connectivity index (χ0v) is 17.4. The fourth-order valence-corrected chi connectivity index (χ4v) is 4.11. The van der Waals surface area contributed by atoms with Crippen molar-refractivity contribution in [2.24, 2.45) is 0 Å². The van der Waals surface area contributed by atoms with E-state index in [0.717, 1.165) is 36.9 Å². The molecule has 5 heteroatoms. The summed E-state index contributed by atoms with van der Waals surface area (Å²) in [6.45, 7) is 4.53. The SMILES string of the molecule is CCc1cccc(-c2c(F)cccc2[C@](O)(CCCCOC)C2CNCCO2)c1. The average molecular weight is 402 g/mol. The normalized spacial score (nSPS) is 19.1. The maximum atomic E-state index is 15.1. The molecule has 0 bridgehead atoms. The number of hydrogen-bond donors (Lipinski definition) is 2. The van der Waals surface area contributed by atoms with Crippen LogP contribution >= 0.6 is 0 Å². The quantitative estimate of drug-likeness (QED) is 0.623. The van der Waals surface area contributed by atoms with Gasteiger partial charge in [0.05, 0.1) is 6.61 Å². The lowest BCUT2D eigenvalue weighted by atomic mass is 9.79. The molecule has 3 rings (SSSR count). The smallest absolute Gasteiger partial charge is 0.131 e. The van der Waals surface area contributed by atoms with Crippen LogP contribution in [0, 0.1) is 5.82 Å². The predicted octanol–water partition coefficient (Wildman–Crippen LogP) is 4.05. The van der Waals surface area contributed by atoms with E-state index in [-0.39, 0.29) is 5.82 Å². The summed E-state index contributed by atoms with van der Waals surface area (Å²) in [4.78, 5) is 0. The van der Waals surface area contributed by atoms with Crippen LogP contribution in [0.1, 0.15) is 37.3 Å². The first kappa shape index (κ1) is 21.9. The molecular weight excluding hydrogens is 369 g/mol. The van der Waals surface area contributed by atoms with Crippen molar-refractivity contribution in [1.82, 2.24) is 5.32 Å². The summed E-state index contributed by atoms with van der Waals surface area (Å²) in [5.74, 6) is -0.324. The molecular formula is C24H32FNO3. The van der Waals surface area contributed by atoms with Gasteiger partial charge in [0.1, 0.15) is 17.5 Å². The Hall–Kier alpha value is -1.79. The molecule has 1 aliphatic heterocycles. The molecule has 4 nitrogen and oxygen atoms in total. The molecule has 1 unspecified atom stereocenters. The fraction of sp³-hybridized carbons (Fsp3) is 0.500. The third kappa shape index (κ3) is 5.04. The second kappa shape index (κ2) is 10.3. The van der Waals surface area contributed by atoms with Gasteiger partial charge in [-0.05, 0) is 48.4 Å². The molecule has 1 aliphatic rings. The molecule has 2 aromatic carbocycles. The van der Waals surface area contributed by atoms with Crippen LogP contribution < -0.4 is 5.32 Å². The number of hydrogen-bond acceptors (Lipinski definition) is 4. The third-order valence-corrected chi connectivity index (χ3v) is 5.72. The van der Waals surface area contributed by atoms with E-state index in [0.29, 0.717) is 37.3 Å². The average Bonchev–Trinajstić information content (AvgIpc) is 2.77. The Morgan fingerprint density at radius 2 is 2.07 bits per heavy atom. The van der Waals surface area contributed by atoms with Crippen molar-refractivity contribution in [3.05, 3.63) is 59.4 Å². The minimum atomic E-state index is -1.29. The molecule has 0 spiro atoms. The van der Waals surface area contributed by atoms with Gasteiger partial charge in [-0.15, -0.1) is 0 Å². The van der Waals surface area contributed by atoms with Gasteiger partial charge in [-0.3, -0.25) is 0 Å². The van der Waals surface area contributed by atoms with Crippen LogP contribution in [0.2, 0.25) is 0 Å². The molecule has 1 fully saturated rings. The zero-order valence-electron chi connectivity index (χ0n) is 17.4. The Labute approximate surface area is 173 Å². The van der Waals surface area contributed by atoms with Crippen LogP contribution in [0.3, 0.4) is 0 Å². The van der Waals surface area contributed by atoms with Crippen molar-refractivity contribution in [2.45, 2.75) is 44.3 Å². The maximum absolute atomic E-state index is 15.1. The van der Waals surface area contributed by atoms with E-state index in [1.165, 1.54) is 6.07 Å². The van der Waals surface area contributed by atoms with Gasteiger partial charge in [0.2, 0.25) is 0 Å². The molecule has 29 heavy (non-hydrogen) atoms. The van der Waals surface area contributed by atoms with Crippen molar-refractivity contribution in [3.63, 3.8) is 0 Å². The Morgan fingerprint density at radius 3 is 2.79 bits per heavy atom. The highest BCUT2D eigenvalue weighted by molar-refractivity contribution is 5.70. The second-order valence-electron chi connectivity index (χ2n) is 7.65. The summed E-state index contributed by atoms with van der Waals surface area (Å²) in [6, 6.07) is 12.9. The Morgan fingerprint density at radius 1 is 1.24 bits per heavy atom. The van der Waals surface area contributed by atoms with E-state index >= 15 is 4.39 Å². The van der Waals surface area contributed by atoms with Crippen LogP contribution in [0.25, 0.3) is 11.1 Å². The van der Waals surface area contributed by atoms with E-state index in [4.69, 9.17) is 9.47 Å². The molecule has 2 atom stereocenters. The molecule has 0 saturated carbocycles. The van der Waals surface area contributed by atoms with Crippen molar-refractivity contribution in [2.75, 3.05) is 33.4 Å². The van der Waals surface area contributed by atoms with E-state index in [1.807, 2.05) is 30.3 Å². The largest absolute Gasteiger partial charge is 0.385 e. The Kier molecular flexibility index (Phi) is 7.78. The predicted molar refractivity (Wildman–Crippen MR) is 113 cm³/mol. The molecule has 1 saturated heterocycles. The third-order valence-electron chi connectivity index (χ3n) is 5.72. The molecule has 2 N–H and O–H groups in total. The monoisotopic (exact) mass is 401 g/mol. The summed E-state index contributed by atoms with van der Waals surface area (Å²) in [7, 11) is 1.67. The van der Waals surface area contributed by atoms with E-state index in [9.17, 15) is 5.11 Å². The van der Waals surface area contributed by atoms with Crippen LogP contribution in [0.4, 0.5) is 4.39 Å². The number of aryl methyl sites for hydroxylation is 1. The van der Waals surface area contributed by atoms with Crippen LogP contribution in [-0.2, 0) is 21.5 Å². The minimum absolute atomic E-state index is 0.324. The van der Waals surface area contributed by atoms with Crippen molar-refractivity contribution in [3.8, 4) is 11.1 Å². The van der Waals surface area contributed by atoms with Gasteiger partial charge in [0.25, 0.3) is 0 Å². The van der Waals surface area contributed by atoms with Gasteiger partial charge in [0, 0.05) is 32.4 Å². The molecule has 0 amide bonds. The number of halogens is 1. The highest BCUT2D eigenvalue weighted by atomic mass is 19.1. The van der Waals surface area contributed by atoms with Gasteiger partial charge in [-0.2, -0.15) is 0 Å². The number of ether oxygens (including phenoxy) is 2.